The van der Waals surface area contributed by atoms with E-state index in [0.717, 1.165) is 19.3 Å². The van der Waals surface area contributed by atoms with E-state index >= 15 is 0 Å². The van der Waals surface area contributed by atoms with Crippen molar-refractivity contribution in [3.05, 3.63) is 0 Å². The summed E-state index contributed by atoms with van der Waals surface area (Å²) in [4.78, 5) is 17.7. The Bertz CT molecular complexity index is 574. The number of nitrogens with zero attached hydrogens (tertiary/aromatic N) is 1. The lowest BCUT2D eigenvalue weighted by molar-refractivity contribution is -0.404. The van der Waals surface area contributed by atoms with Gasteiger partial charge in [0.15, 0.2) is 12.1 Å². The molecule has 2 saturated heterocycles. The van der Waals surface area contributed by atoms with Crippen LogP contribution in [0.4, 0.5) is 0 Å². The lowest BCUT2D eigenvalue weighted by atomic mass is 9.66. The molecule has 4 atom stereocenters. The number of carbonyl (C=O) groups excluding carboxylic acids is 1. The van der Waals surface area contributed by atoms with Gasteiger partial charge in [0, 0.05) is 24.7 Å². The van der Waals surface area contributed by atoms with Crippen molar-refractivity contribution in [2.75, 3.05) is 19.8 Å². The van der Waals surface area contributed by atoms with Crippen molar-refractivity contribution in [2.45, 2.75) is 104 Å². The second kappa shape index (κ2) is 8.79. The van der Waals surface area contributed by atoms with Crippen molar-refractivity contribution < 1.29 is 28.9 Å². The highest BCUT2D eigenvalue weighted by molar-refractivity contribution is 5.65. The Hall–Kier alpha value is -0.730. The summed E-state index contributed by atoms with van der Waals surface area (Å²) in [6.45, 7) is 17.1. The summed E-state index contributed by atoms with van der Waals surface area (Å²) in [6, 6.07) is 0. The number of hydroxylamine groups is 2. The zero-order valence-electron chi connectivity index (χ0n) is 19.5. The minimum Gasteiger partial charge on any atom is -0.368 e. The van der Waals surface area contributed by atoms with Gasteiger partial charge in [-0.3, -0.25) is 4.79 Å². The van der Waals surface area contributed by atoms with Crippen molar-refractivity contribution >= 4 is 5.97 Å². The van der Waals surface area contributed by atoms with E-state index in [2.05, 4.69) is 41.5 Å². The Morgan fingerprint density at radius 3 is 2.17 bits per heavy atom. The van der Waals surface area contributed by atoms with Crippen LogP contribution in [0.3, 0.4) is 0 Å². The summed E-state index contributed by atoms with van der Waals surface area (Å²) in [5.74, 6) is -1.08. The van der Waals surface area contributed by atoms with Crippen LogP contribution in [0.1, 0.15) is 81.1 Å². The third kappa shape index (κ3) is 4.49. The smallest absolute Gasteiger partial charge is 0.322 e. The molecule has 170 valence electrons. The second-order valence-electron chi connectivity index (χ2n) is 9.49. The normalized spacial score (nSPS) is 42.0. The van der Waals surface area contributed by atoms with Crippen LogP contribution in [0.25, 0.3) is 0 Å². The zero-order valence-corrected chi connectivity index (χ0v) is 19.5. The predicted molar refractivity (Wildman–Crippen MR) is 110 cm³/mol. The van der Waals surface area contributed by atoms with Gasteiger partial charge in [-0.1, -0.05) is 27.7 Å². The monoisotopic (exact) mass is 415 g/mol. The number of ether oxygens (including phenoxy) is 3. The summed E-state index contributed by atoms with van der Waals surface area (Å²) in [7, 11) is 0. The molecule has 0 amide bonds. The molecule has 0 aliphatic carbocycles. The Kier molecular flexibility index (Phi) is 7.44. The first-order valence-electron chi connectivity index (χ1n) is 11.0. The highest BCUT2D eigenvalue weighted by Gasteiger charge is 2.64. The van der Waals surface area contributed by atoms with Crippen LogP contribution in [0.2, 0.25) is 0 Å². The Morgan fingerprint density at radius 2 is 1.76 bits per heavy atom. The minimum atomic E-state index is -0.813. The second-order valence-corrected chi connectivity index (χ2v) is 9.49. The van der Waals surface area contributed by atoms with E-state index in [1.807, 2.05) is 5.06 Å². The summed E-state index contributed by atoms with van der Waals surface area (Å²) in [6.07, 6.45) is 2.21. The molecular weight excluding hydrogens is 374 g/mol. The maximum Gasteiger partial charge on any atom is 0.322 e. The summed E-state index contributed by atoms with van der Waals surface area (Å²) in [5, 5.41) is 11.4. The standard InChI is InChI=1S/C22H41NO6/c1-9-19(7)12-22(16(4)20(8,10-2)23(19)29-18(6)25)27-14-21(11-3,15-28-22)13-26-17(5)24/h16-17,24H,9-15H2,1-8H3. The van der Waals surface area contributed by atoms with Crippen LogP contribution >= 0.6 is 0 Å². The van der Waals surface area contributed by atoms with Gasteiger partial charge in [0.25, 0.3) is 0 Å². The molecule has 0 radical (unpaired) electrons. The molecule has 2 fully saturated rings. The van der Waals surface area contributed by atoms with Crippen molar-refractivity contribution in [3.8, 4) is 0 Å². The van der Waals surface area contributed by atoms with E-state index in [1.165, 1.54) is 6.92 Å². The van der Waals surface area contributed by atoms with Crippen molar-refractivity contribution in [1.82, 2.24) is 5.06 Å². The Morgan fingerprint density at radius 1 is 1.17 bits per heavy atom. The largest absolute Gasteiger partial charge is 0.368 e. The summed E-state index contributed by atoms with van der Waals surface area (Å²) >= 11 is 0. The Labute approximate surface area is 176 Å². The van der Waals surface area contributed by atoms with Crippen molar-refractivity contribution in [1.29, 1.82) is 0 Å². The van der Waals surface area contributed by atoms with E-state index in [-0.39, 0.29) is 17.3 Å². The maximum absolute atomic E-state index is 11.9. The SMILES string of the molecule is CCC1(COC(C)O)COC2(CC(C)(CC)N(OC(C)=O)C(C)(CC)C2C)OC1. The van der Waals surface area contributed by atoms with E-state index in [9.17, 15) is 9.90 Å². The molecule has 7 nitrogen and oxygen atoms in total. The Balaban J connectivity index is 2.33. The first kappa shape index (κ1) is 24.5. The van der Waals surface area contributed by atoms with Crippen LogP contribution in [0.5, 0.6) is 0 Å². The molecular formula is C22H41NO6. The van der Waals surface area contributed by atoms with E-state index in [4.69, 9.17) is 19.0 Å². The van der Waals surface area contributed by atoms with Crippen LogP contribution in [-0.2, 0) is 23.8 Å². The number of carbonyl (C=O) groups is 1. The molecule has 2 aliphatic rings. The van der Waals surface area contributed by atoms with Gasteiger partial charge in [-0.15, -0.1) is 5.06 Å². The topological polar surface area (TPSA) is 77.5 Å². The van der Waals surface area contributed by atoms with Gasteiger partial charge in [-0.2, -0.15) is 0 Å². The molecule has 7 heteroatoms. The van der Waals surface area contributed by atoms with Gasteiger partial charge in [0.2, 0.25) is 0 Å². The summed E-state index contributed by atoms with van der Waals surface area (Å²) < 4.78 is 18.6. The third-order valence-electron chi connectivity index (χ3n) is 7.50. The number of piperidine rings is 1. The highest BCUT2D eigenvalue weighted by atomic mass is 16.7. The van der Waals surface area contributed by atoms with Gasteiger partial charge in [0.05, 0.1) is 30.9 Å². The fourth-order valence-corrected chi connectivity index (χ4v) is 4.76. The van der Waals surface area contributed by atoms with Crippen LogP contribution < -0.4 is 0 Å². The quantitative estimate of drug-likeness (QED) is 0.636. The number of hydrogen-bond acceptors (Lipinski definition) is 7. The van der Waals surface area contributed by atoms with E-state index in [0.29, 0.717) is 26.2 Å². The summed E-state index contributed by atoms with van der Waals surface area (Å²) in [5.41, 5.74) is -1.12. The van der Waals surface area contributed by atoms with Crippen LogP contribution in [-0.4, -0.2) is 59.1 Å². The minimum absolute atomic E-state index is 0.0217. The molecule has 0 saturated carbocycles. The van der Waals surface area contributed by atoms with Crippen LogP contribution in [0.15, 0.2) is 0 Å². The molecule has 2 heterocycles. The molecule has 2 aliphatic heterocycles. The molecule has 29 heavy (non-hydrogen) atoms. The molecule has 0 aromatic heterocycles. The van der Waals surface area contributed by atoms with Gasteiger partial charge in [-0.25, -0.2) is 0 Å². The van der Waals surface area contributed by atoms with E-state index < -0.39 is 23.2 Å². The van der Waals surface area contributed by atoms with Gasteiger partial charge in [0.1, 0.15) is 0 Å². The third-order valence-corrected chi connectivity index (χ3v) is 7.50. The van der Waals surface area contributed by atoms with Gasteiger partial charge in [-0.05, 0) is 40.0 Å². The average molecular weight is 416 g/mol. The van der Waals surface area contributed by atoms with E-state index in [1.54, 1.807) is 6.92 Å². The van der Waals surface area contributed by atoms with Gasteiger partial charge < -0.3 is 24.2 Å². The molecule has 0 bridgehead atoms. The first-order valence-corrected chi connectivity index (χ1v) is 11.0. The molecule has 2 rings (SSSR count). The van der Waals surface area contributed by atoms with Gasteiger partial charge >= 0.3 is 5.97 Å². The lowest BCUT2D eigenvalue weighted by Gasteiger charge is -2.63. The van der Waals surface area contributed by atoms with Crippen molar-refractivity contribution in [2.24, 2.45) is 11.3 Å². The average Bonchev–Trinajstić information content (AvgIpc) is 2.69. The zero-order chi connectivity index (χ0) is 22.1. The van der Waals surface area contributed by atoms with Crippen LogP contribution in [0, 0.1) is 11.3 Å². The fraction of sp³-hybridized carbons (Fsp3) is 0.955. The van der Waals surface area contributed by atoms with Crippen molar-refractivity contribution in [3.63, 3.8) is 0 Å². The molecule has 4 unspecified atom stereocenters. The fourth-order valence-electron chi connectivity index (χ4n) is 4.76. The number of aliphatic hydroxyl groups is 1. The maximum atomic E-state index is 11.9. The number of aliphatic hydroxyl groups excluding tert-OH is 1. The number of hydrogen-bond donors (Lipinski definition) is 1. The first-order chi connectivity index (χ1) is 13.4. The molecule has 1 spiro atoms. The predicted octanol–water partition coefficient (Wildman–Crippen LogP) is 3.64. The lowest BCUT2D eigenvalue weighted by Crippen LogP contribution is -2.74. The molecule has 0 aromatic carbocycles. The molecule has 0 aromatic rings. The number of rotatable bonds is 7. The molecule has 1 N–H and O–H groups in total. The highest BCUT2D eigenvalue weighted by Crippen LogP contribution is 2.54.